The monoisotopic (exact) mass is 273 g/mol. The van der Waals surface area contributed by atoms with E-state index in [9.17, 15) is 4.79 Å². The average Bonchev–Trinajstić information content (AvgIpc) is 2.97. The maximum atomic E-state index is 12.4. The van der Waals surface area contributed by atoms with Crippen LogP contribution < -0.4 is 4.90 Å². The van der Waals surface area contributed by atoms with E-state index in [1.807, 2.05) is 6.92 Å². The van der Waals surface area contributed by atoms with Gasteiger partial charge in [-0.2, -0.15) is 0 Å². The lowest BCUT2D eigenvalue weighted by Gasteiger charge is -2.38. The summed E-state index contributed by atoms with van der Waals surface area (Å²) in [5.74, 6) is 2.86. The number of carbonyl (C=O) groups excluding carboxylic acids is 1. The number of fused-ring (bicyclic) bond motifs is 5. The topological polar surface area (TPSA) is 64.6 Å². The van der Waals surface area contributed by atoms with Crippen LogP contribution in [0.1, 0.15) is 42.5 Å². The zero-order valence-corrected chi connectivity index (χ0v) is 12.1. The van der Waals surface area contributed by atoms with Gasteiger partial charge in [-0.25, -0.2) is 9.98 Å². The summed E-state index contributed by atoms with van der Waals surface area (Å²) in [6, 6.07) is 0.641. The minimum atomic E-state index is -0.0399. The van der Waals surface area contributed by atoms with Crippen molar-refractivity contribution in [2.24, 2.45) is 10.9 Å². The fourth-order valence-corrected chi connectivity index (χ4v) is 3.77. The molecule has 0 bridgehead atoms. The molecular weight excluding hydrogens is 254 g/mol. The minimum Gasteiger partial charge on any atom is -0.336 e. The maximum absolute atomic E-state index is 12.4. The highest BCUT2D eigenvalue weighted by molar-refractivity contribution is 6.18. The highest BCUT2D eigenvalue weighted by Crippen LogP contribution is 2.40. The Morgan fingerprint density at radius 3 is 2.95 bits per heavy atom. The van der Waals surface area contributed by atoms with Gasteiger partial charge in [0.2, 0.25) is 5.96 Å². The van der Waals surface area contributed by atoms with Gasteiger partial charge >= 0.3 is 0 Å². The van der Waals surface area contributed by atoms with Gasteiger partial charge in [0.15, 0.2) is 5.82 Å². The predicted octanol–water partition coefficient (Wildman–Crippen LogP) is 1.54. The number of aliphatic imine (C=N–C) groups is 1. The number of nitrogens with one attached hydrogen (secondary N) is 1. The lowest BCUT2D eigenvalue weighted by Crippen LogP contribution is -2.53. The lowest BCUT2D eigenvalue weighted by molar-refractivity contribution is 0.0859. The van der Waals surface area contributed by atoms with Crippen LogP contribution in [0.3, 0.4) is 0 Å². The van der Waals surface area contributed by atoms with Crippen LogP contribution in [0, 0.1) is 12.8 Å². The van der Waals surface area contributed by atoms with Crippen molar-refractivity contribution < 1.29 is 4.79 Å². The van der Waals surface area contributed by atoms with Crippen LogP contribution in [-0.2, 0) is 0 Å². The normalized spacial score (nSPS) is 31.9. The molecule has 3 heterocycles. The van der Waals surface area contributed by atoms with Crippen LogP contribution in [0.4, 0.5) is 5.82 Å². The average molecular weight is 273 g/mol. The fourth-order valence-electron chi connectivity index (χ4n) is 3.77. The first-order chi connectivity index (χ1) is 9.58. The van der Waals surface area contributed by atoms with Crippen molar-refractivity contribution in [1.82, 2.24) is 14.9 Å². The Kier molecular flexibility index (Phi) is 2.29. The molecule has 0 radical (unpaired) electrons. The first-order valence-corrected chi connectivity index (χ1v) is 7.29. The van der Waals surface area contributed by atoms with Crippen LogP contribution in [0.2, 0.25) is 0 Å². The molecular formula is C14H19N5O. The Labute approximate surface area is 117 Å². The van der Waals surface area contributed by atoms with Crippen LogP contribution >= 0.6 is 0 Å². The third kappa shape index (κ3) is 1.36. The zero-order valence-electron chi connectivity index (χ0n) is 12.1. The van der Waals surface area contributed by atoms with E-state index >= 15 is 0 Å². The summed E-state index contributed by atoms with van der Waals surface area (Å²) in [6.45, 7) is 4.15. The molecule has 1 amide bonds. The summed E-state index contributed by atoms with van der Waals surface area (Å²) in [5.41, 5.74) is 0.600. The summed E-state index contributed by atoms with van der Waals surface area (Å²) in [5, 5.41) is 0. The smallest absolute Gasteiger partial charge is 0.280 e. The number of aryl methyl sites for hydroxylation is 1. The number of imidazole rings is 1. The molecule has 4 rings (SSSR count). The van der Waals surface area contributed by atoms with E-state index in [0.717, 1.165) is 24.0 Å². The van der Waals surface area contributed by atoms with Crippen LogP contribution in [0.5, 0.6) is 0 Å². The number of rotatable bonds is 0. The van der Waals surface area contributed by atoms with Gasteiger partial charge in [0.25, 0.3) is 5.91 Å². The van der Waals surface area contributed by atoms with Gasteiger partial charge in [-0.15, -0.1) is 0 Å². The summed E-state index contributed by atoms with van der Waals surface area (Å²) < 4.78 is 0. The fraction of sp³-hybridized carbons (Fsp3) is 0.643. The van der Waals surface area contributed by atoms with Crippen molar-refractivity contribution in [2.45, 2.75) is 45.2 Å². The molecule has 0 saturated heterocycles. The second-order valence-electron chi connectivity index (χ2n) is 6.15. The molecule has 0 spiro atoms. The SMILES string of the molecule is Cc1nc2c([nH]1)C(=O)N(C)C1=N[C@@H]3C(C)CCC[C@@H]3N12. The quantitative estimate of drug-likeness (QED) is 0.779. The van der Waals surface area contributed by atoms with Gasteiger partial charge in [-0.05, 0) is 25.7 Å². The standard InChI is InChI=1S/C14H19N5O/c1-7-5-4-6-9-10(7)17-14-18(3)13(20)11-12(19(9)14)16-8(2)15-11/h7,9-10H,4-6H2,1-3H3,(H,15,16)/t7?,9-,10+/m0/s1. The lowest BCUT2D eigenvalue weighted by atomic mass is 9.82. The summed E-state index contributed by atoms with van der Waals surface area (Å²) in [7, 11) is 1.80. The van der Waals surface area contributed by atoms with Crippen molar-refractivity contribution >= 4 is 17.7 Å². The molecule has 1 aromatic heterocycles. The van der Waals surface area contributed by atoms with Crippen LogP contribution in [0.15, 0.2) is 4.99 Å². The number of amides is 1. The van der Waals surface area contributed by atoms with E-state index in [4.69, 9.17) is 4.99 Å². The van der Waals surface area contributed by atoms with Gasteiger partial charge in [0.1, 0.15) is 11.5 Å². The maximum Gasteiger partial charge on any atom is 0.280 e. The zero-order chi connectivity index (χ0) is 14.0. The molecule has 3 aliphatic rings. The van der Waals surface area contributed by atoms with E-state index in [1.165, 1.54) is 12.8 Å². The summed E-state index contributed by atoms with van der Waals surface area (Å²) >= 11 is 0. The van der Waals surface area contributed by atoms with Gasteiger partial charge in [-0.3, -0.25) is 14.6 Å². The number of aromatic nitrogens is 2. The third-order valence-electron chi connectivity index (χ3n) is 4.80. The molecule has 1 aromatic rings. The Balaban J connectivity index is 1.87. The molecule has 1 N–H and O–H groups in total. The highest BCUT2D eigenvalue weighted by Gasteiger charge is 2.48. The first-order valence-electron chi connectivity index (χ1n) is 7.29. The second-order valence-corrected chi connectivity index (χ2v) is 6.15. The molecule has 0 aromatic carbocycles. The molecule has 1 fully saturated rings. The van der Waals surface area contributed by atoms with E-state index in [1.54, 1.807) is 11.9 Å². The minimum absolute atomic E-state index is 0.0399. The van der Waals surface area contributed by atoms with E-state index < -0.39 is 0 Å². The van der Waals surface area contributed by atoms with Crippen molar-refractivity contribution in [1.29, 1.82) is 0 Å². The van der Waals surface area contributed by atoms with E-state index in [2.05, 4.69) is 21.8 Å². The van der Waals surface area contributed by atoms with E-state index in [0.29, 0.717) is 17.7 Å². The Bertz CT molecular complexity index is 619. The molecule has 106 valence electrons. The van der Waals surface area contributed by atoms with E-state index in [-0.39, 0.29) is 11.9 Å². The van der Waals surface area contributed by atoms with Crippen LogP contribution in [-0.4, -0.2) is 45.9 Å². The molecule has 1 aliphatic carbocycles. The highest BCUT2D eigenvalue weighted by atomic mass is 16.2. The number of hydrogen-bond acceptors (Lipinski definition) is 4. The molecule has 6 nitrogen and oxygen atoms in total. The molecule has 6 heteroatoms. The number of hydrogen-bond donors (Lipinski definition) is 1. The predicted molar refractivity (Wildman–Crippen MR) is 75.9 cm³/mol. The number of aromatic amines is 1. The molecule has 3 atom stereocenters. The van der Waals surface area contributed by atoms with Crippen LogP contribution in [0.25, 0.3) is 0 Å². The summed E-state index contributed by atoms with van der Waals surface area (Å²) in [6.07, 6.45) is 3.56. The van der Waals surface area contributed by atoms with Crippen molar-refractivity contribution in [3.8, 4) is 0 Å². The number of carbonyl (C=O) groups is 1. The molecule has 20 heavy (non-hydrogen) atoms. The number of nitrogens with zero attached hydrogens (tertiary/aromatic N) is 4. The number of anilines is 1. The van der Waals surface area contributed by atoms with Crippen molar-refractivity contribution in [3.63, 3.8) is 0 Å². The Hall–Kier alpha value is -1.85. The molecule has 1 unspecified atom stereocenters. The number of guanidine groups is 1. The molecule has 1 saturated carbocycles. The Morgan fingerprint density at radius 2 is 2.15 bits per heavy atom. The largest absolute Gasteiger partial charge is 0.336 e. The first kappa shape index (κ1) is 11.9. The summed E-state index contributed by atoms with van der Waals surface area (Å²) in [4.78, 5) is 28.7. The molecule has 2 aliphatic heterocycles. The third-order valence-corrected chi connectivity index (χ3v) is 4.80. The van der Waals surface area contributed by atoms with Gasteiger partial charge in [0.05, 0.1) is 12.1 Å². The number of H-pyrrole nitrogens is 1. The van der Waals surface area contributed by atoms with Gasteiger partial charge in [-0.1, -0.05) is 13.3 Å². The second kappa shape index (κ2) is 3.84. The van der Waals surface area contributed by atoms with Crippen molar-refractivity contribution in [3.05, 3.63) is 11.5 Å². The van der Waals surface area contributed by atoms with Crippen molar-refractivity contribution in [2.75, 3.05) is 11.9 Å². The van der Waals surface area contributed by atoms with Gasteiger partial charge < -0.3 is 4.98 Å². The van der Waals surface area contributed by atoms with Gasteiger partial charge in [0, 0.05) is 7.05 Å². The Morgan fingerprint density at radius 1 is 1.35 bits per heavy atom.